The number of halogens is 3. The quantitative estimate of drug-likeness (QED) is 0.311. The minimum Gasteiger partial charge on any atom is -0.374 e. The number of allylic oxidation sites excluding steroid dienone is 3. The Bertz CT molecular complexity index is 675. The molecule has 7 nitrogen and oxygen atoms in total. The van der Waals surface area contributed by atoms with E-state index < -0.39 is 24.1 Å². The number of hydrogen-bond acceptors (Lipinski definition) is 7. The van der Waals surface area contributed by atoms with E-state index in [4.69, 9.17) is 11.5 Å². The van der Waals surface area contributed by atoms with Crippen molar-refractivity contribution in [3.63, 3.8) is 0 Å². The Hall–Kier alpha value is -1.69. The maximum Gasteiger partial charge on any atom is 0.416 e. The van der Waals surface area contributed by atoms with Crippen LogP contribution in [0.1, 0.15) is 6.42 Å². The number of hydrogen-bond donors (Lipinski definition) is 7. The van der Waals surface area contributed by atoms with Crippen LogP contribution in [0.5, 0.6) is 0 Å². The average molecular weight is 400 g/mol. The third-order valence-electron chi connectivity index (χ3n) is 5.21. The van der Waals surface area contributed by atoms with Crippen LogP contribution in [0, 0.1) is 5.92 Å². The van der Waals surface area contributed by atoms with Crippen LogP contribution in [0.25, 0.3) is 0 Å². The summed E-state index contributed by atoms with van der Waals surface area (Å²) in [5.74, 6) is 0.0480. The van der Waals surface area contributed by atoms with Gasteiger partial charge < -0.3 is 27.2 Å². The van der Waals surface area contributed by atoms with Gasteiger partial charge >= 0.3 is 6.18 Å². The summed E-state index contributed by atoms with van der Waals surface area (Å²) in [6.07, 6.45) is 2.68. The second-order valence-corrected chi connectivity index (χ2v) is 7.17. The lowest BCUT2D eigenvalue weighted by atomic mass is 9.85. The molecule has 2 aliphatic heterocycles. The first kappa shape index (κ1) is 21.0. The van der Waals surface area contributed by atoms with E-state index in [-0.39, 0.29) is 24.2 Å². The molecule has 10 heteroatoms. The van der Waals surface area contributed by atoms with Crippen molar-refractivity contribution < 1.29 is 18.3 Å². The maximum atomic E-state index is 12.8. The summed E-state index contributed by atoms with van der Waals surface area (Å²) in [5, 5.41) is 22.3. The molecule has 0 bridgehead atoms. The van der Waals surface area contributed by atoms with Gasteiger partial charge in [-0.15, -0.1) is 0 Å². The highest BCUT2D eigenvalue weighted by atomic mass is 19.4. The van der Waals surface area contributed by atoms with E-state index in [0.29, 0.717) is 12.0 Å². The van der Waals surface area contributed by atoms with Gasteiger partial charge in [0.1, 0.15) is 6.23 Å². The Balaban J connectivity index is 1.55. The fraction of sp³-hybridized carbons (Fsp3) is 0.556. The molecule has 2 heterocycles. The van der Waals surface area contributed by atoms with Gasteiger partial charge in [0.2, 0.25) is 0 Å². The number of rotatable bonds is 5. The number of aliphatic hydroxyl groups excluding tert-OH is 1. The minimum absolute atomic E-state index is 0.0480. The van der Waals surface area contributed by atoms with Crippen LogP contribution in [0.3, 0.4) is 0 Å². The third kappa shape index (κ3) is 5.02. The van der Waals surface area contributed by atoms with Gasteiger partial charge in [0, 0.05) is 19.1 Å². The maximum absolute atomic E-state index is 12.8. The van der Waals surface area contributed by atoms with E-state index in [9.17, 15) is 18.3 Å². The molecule has 156 valence electrons. The Kier molecular flexibility index (Phi) is 6.58. The van der Waals surface area contributed by atoms with E-state index in [1.807, 2.05) is 12.2 Å². The molecule has 3 aliphatic rings. The van der Waals surface area contributed by atoms with Crippen molar-refractivity contribution in [2.24, 2.45) is 17.4 Å². The van der Waals surface area contributed by atoms with Crippen LogP contribution in [0.4, 0.5) is 13.2 Å². The molecule has 1 saturated heterocycles. The summed E-state index contributed by atoms with van der Waals surface area (Å²) in [4.78, 5) is 0. The highest BCUT2D eigenvalue weighted by Gasteiger charge is 2.34. The molecule has 1 fully saturated rings. The molecular formula is C18H27F3N6O. The average Bonchev–Trinajstić information content (AvgIpc) is 2.67. The largest absolute Gasteiger partial charge is 0.416 e. The fourth-order valence-electron chi connectivity index (χ4n) is 3.59. The van der Waals surface area contributed by atoms with Crippen molar-refractivity contribution in [3.8, 4) is 0 Å². The van der Waals surface area contributed by atoms with E-state index in [0.717, 1.165) is 25.2 Å². The Labute approximate surface area is 161 Å². The van der Waals surface area contributed by atoms with Gasteiger partial charge in [-0.3, -0.25) is 10.6 Å². The van der Waals surface area contributed by atoms with Gasteiger partial charge in [-0.05, 0) is 36.3 Å². The van der Waals surface area contributed by atoms with Gasteiger partial charge in [-0.2, -0.15) is 13.2 Å². The van der Waals surface area contributed by atoms with Crippen molar-refractivity contribution in [1.29, 1.82) is 0 Å². The van der Waals surface area contributed by atoms with Gasteiger partial charge in [-0.25, -0.2) is 0 Å². The van der Waals surface area contributed by atoms with E-state index in [1.54, 1.807) is 6.08 Å². The lowest BCUT2D eigenvalue weighted by Gasteiger charge is -2.38. The van der Waals surface area contributed by atoms with Crippen LogP contribution in [-0.2, 0) is 0 Å². The minimum atomic E-state index is -4.43. The Morgan fingerprint density at radius 3 is 2.61 bits per heavy atom. The van der Waals surface area contributed by atoms with Crippen LogP contribution < -0.4 is 32.7 Å². The second kappa shape index (κ2) is 8.76. The molecule has 0 aromatic heterocycles. The highest BCUT2D eigenvalue weighted by molar-refractivity contribution is 5.31. The van der Waals surface area contributed by atoms with E-state index in [2.05, 4.69) is 21.3 Å². The molecule has 0 radical (unpaired) electrons. The number of dihydropyridines is 1. The first-order valence-electron chi connectivity index (χ1n) is 9.27. The molecule has 0 aromatic carbocycles. The zero-order chi connectivity index (χ0) is 20.3. The topological polar surface area (TPSA) is 120 Å². The summed E-state index contributed by atoms with van der Waals surface area (Å²) < 4.78 is 38.4. The number of aliphatic hydroxyl groups is 1. The Morgan fingerprint density at radius 1 is 1.21 bits per heavy atom. The first-order chi connectivity index (χ1) is 13.3. The molecule has 1 aliphatic carbocycles. The van der Waals surface area contributed by atoms with E-state index in [1.165, 1.54) is 6.20 Å². The number of alkyl halides is 3. The molecule has 0 spiro atoms. The third-order valence-corrected chi connectivity index (χ3v) is 5.21. The van der Waals surface area contributed by atoms with Crippen molar-refractivity contribution in [1.82, 2.24) is 21.3 Å². The highest BCUT2D eigenvalue weighted by Crippen LogP contribution is 2.28. The van der Waals surface area contributed by atoms with Crippen molar-refractivity contribution >= 4 is 0 Å². The zero-order valence-electron chi connectivity index (χ0n) is 15.3. The lowest BCUT2D eigenvalue weighted by Crippen LogP contribution is -2.67. The number of nitrogens with two attached hydrogens (primary N) is 2. The number of piperazine rings is 1. The van der Waals surface area contributed by atoms with Crippen LogP contribution in [-0.4, -0.2) is 55.0 Å². The molecule has 6 atom stereocenters. The molecule has 28 heavy (non-hydrogen) atoms. The van der Waals surface area contributed by atoms with Gasteiger partial charge in [-0.1, -0.05) is 18.2 Å². The molecule has 9 N–H and O–H groups in total. The van der Waals surface area contributed by atoms with Crippen molar-refractivity contribution in [2.75, 3.05) is 13.1 Å². The van der Waals surface area contributed by atoms with Crippen LogP contribution >= 0.6 is 0 Å². The fourth-order valence-corrected chi connectivity index (χ4v) is 3.59. The van der Waals surface area contributed by atoms with Gasteiger partial charge in [0.15, 0.2) is 0 Å². The predicted octanol–water partition coefficient (Wildman–Crippen LogP) is -0.498. The molecule has 3 rings (SSSR count). The normalized spacial score (nSPS) is 32.9. The van der Waals surface area contributed by atoms with Crippen LogP contribution in [0.15, 0.2) is 47.7 Å². The standard InChI is InChI=1S/C18H27F3N6O/c19-18(20,21)12-5-6-24-13(9-12)27-17(28)11-3-1-10(2-4-11)14(22)15-16(23)26-8-7-25-15/h1,3-6,9-10,13-17,24-28H,2,7-8,22-23H2/t10-,13?,14?,15?,16?,17-/m1/s1. The monoisotopic (exact) mass is 400 g/mol. The second-order valence-electron chi connectivity index (χ2n) is 7.17. The SMILES string of the molecule is NC1NCCNC1C(N)[C@@H]1C=CC([C@@H](O)NC2C=C(C(F)(F)F)C=CN2)=CC1. The Morgan fingerprint density at radius 2 is 1.96 bits per heavy atom. The summed E-state index contributed by atoms with van der Waals surface area (Å²) in [6, 6.07) is -0.269. The van der Waals surface area contributed by atoms with Crippen molar-refractivity contribution in [3.05, 3.63) is 47.7 Å². The summed E-state index contributed by atoms with van der Waals surface area (Å²) >= 11 is 0. The molecular weight excluding hydrogens is 373 g/mol. The molecule has 0 saturated carbocycles. The summed E-state index contributed by atoms with van der Waals surface area (Å²) in [7, 11) is 0. The van der Waals surface area contributed by atoms with Gasteiger partial charge in [0.25, 0.3) is 0 Å². The predicted molar refractivity (Wildman–Crippen MR) is 100 cm³/mol. The van der Waals surface area contributed by atoms with E-state index >= 15 is 0 Å². The summed E-state index contributed by atoms with van der Waals surface area (Å²) in [5.41, 5.74) is 12.3. The molecule has 0 amide bonds. The zero-order valence-corrected chi connectivity index (χ0v) is 15.3. The smallest absolute Gasteiger partial charge is 0.374 e. The molecule has 0 aromatic rings. The van der Waals surface area contributed by atoms with Gasteiger partial charge in [0.05, 0.1) is 23.9 Å². The number of nitrogens with one attached hydrogen (secondary N) is 4. The van der Waals surface area contributed by atoms with Crippen LogP contribution in [0.2, 0.25) is 0 Å². The lowest BCUT2D eigenvalue weighted by molar-refractivity contribution is -0.0889. The first-order valence-corrected chi connectivity index (χ1v) is 9.27. The summed E-state index contributed by atoms with van der Waals surface area (Å²) in [6.45, 7) is 1.59. The molecule has 4 unspecified atom stereocenters. The van der Waals surface area contributed by atoms with Crippen molar-refractivity contribution in [2.45, 2.75) is 43.2 Å².